The minimum Gasteiger partial charge on any atom is -0.378 e. The Labute approximate surface area is 538 Å². The highest BCUT2D eigenvalue weighted by molar-refractivity contribution is 6.12. The van der Waals surface area contributed by atoms with Crippen molar-refractivity contribution in [3.8, 4) is 28.2 Å². The van der Waals surface area contributed by atoms with E-state index in [1.54, 1.807) is 0 Å². The molecule has 12 aromatic rings. The zero-order valence-corrected chi connectivity index (χ0v) is 52.1. The van der Waals surface area contributed by atoms with Crippen LogP contribution in [0.25, 0.3) is 95.4 Å². The lowest BCUT2D eigenvalue weighted by Gasteiger charge is -2.28. The maximum Gasteiger partial charge on any atom is 0.0973 e. The number of anilines is 3. The Balaban J connectivity index is 0.000000171. The van der Waals surface area contributed by atoms with Crippen molar-refractivity contribution in [1.82, 2.24) is 24.4 Å². The van der Waals surface area contributed by atoms with Gasteiger partial charge in [0.2, 0.25) is 0 Å². The molecular formula is C86H72N6. The molecule has 1 N–H and O–H groups in total. The molecular weight excluding hydrogens is 1120 g/mol. The van der Waals surface area contributed by atoms with Crippen molar-refractivity contribution in [3.63, 3.8) is 0 Å². The second kappa shape index (κ2) is 25.4. The van der Waals surface area contributed by atoms with Crippen molar-refractivity contribution in [2.24, 2.45) is 5.92 Å². The van der Waals surface area contributed by atoms with Crippen LogP contribution in [0.15, 0.2) is 309 Å². The monoisotopic (exact) mass is 1190 g/mol. The Morgan fingerprint density at radius 3 is 1.97 bits per heavy atom. The van der Waals surface area contributed by atoms with Gasteiger partial charge in [-0.3, -0.25) is 0 Å². The highest BCUT2D eigenvalue weighted by Crippen LogP contribution is 2.55. The summed E-state index contributed by atoms with van der Waals surface area (Å²) < 4.78 is 4.79. The maximum absolute atomic E-state index is 5.21. The van der Waals surface area contributed by atoms with Crippen LogP contribution in [0.2, 0.25) is 0 Å². The summed E-state index contributed by atoms with van der Waals surface area (Å²) in [5, 5.41) is 10.4. The summed E-state index contributed by atoms with van der Waals surface area (Å²) in [6, 6.07) is 80.3. The molecule has 1 fully saturated rings. The van der Waals surface area contributed by atoms with E-state index in [0.717, 1.165) is 89.1 Å². The molecule has 0 aliphatic heterocycles. The van der Waals surface area contributed by atoms with E-state index >= 15 is 0 Å². The molecule has 6 nitrogen and oxygen atoms in total. The smallest absolute Gasteiger partial charge is 0.0973 e. The van der Waals surface area contributed by atoms with Crippen LogP contribution in [-0.4, -0.2) is 24.6 Å². The van der Waals surface area contributed by atoms with Gasteiger partial charge in [-0.25, -0.2) is 9.97 Å². The number of allylic oxidation sites excluding steroid dienone is 14. The van der Waals surface area contributed by atoms with Gasteiger partial charge in [0.05, 0.1) is 49.9 Å². The molecule has 4 aliphatic rings. The molecule has 2 atom stereocenters. The standard InChI is InChI=1S/C53H44N4.C33H28N2/c1-3-4-5-6-9-18-39-19-12-16-25-49(39)56(44-35-36-51-46(37-44)45-22-13-17-26-50(45)57(51)42-20-10-7-8-11-21-42)43-33-31-41(32-34-43)53-52(40-29-27-38(2)28-30-40)54-47-23-14-15-24-48(47)55-53;1-3-11-24(12-4-1)30-17-9-7-13-25-23-33(25,30)34-26-19-21-29-28-16-8-10-18-31(28)35(32(29)22-20-26)27-14-5-2-6-15-27/h4-10,12-17,19-37H,3,11,18H2,1-2H3;1-8,10-18,20-22,25,34H,9,19,23H2/b5-4-,9-6-;. The lowest BCUT2D eigenvalue weighted by molar-refractivity contribution is 0.651. The van der Waals surface area contributed by atoms with Crippen LogP contribution in [0.1, 0.15) is 55.7 Å². The summed E-state index contributed by atoms with van der Waals surface area (Å²) >= 11 is 0. The van der Waals surface area contributed by atoms with Crippen LogP contribution in [0.4, 0.5) is 17.1 Å². The fraction of sp³-hybridized carbons (Fsp3) is 0.116. The third-order valence-electron chi connectivity index (χ3n) is 18.4. The zero-order chi connectivity index (χ0) is 61.8. The zero-order valence-electron chi connectivity index (χ0n) is 52.1. The summed E-state index contributed by atoms with van der Waals surface area (Å²) in [7, 11) is 0. The highest BCUT2D eigenvalue weighted by atomic mass is 15.1. The summed E-state index contributed by atoms with van der Waals surface area (Å²) in [4.78, 5) is 12.8. The second-order valence-electron chi connectivity index (χ2n) is 24.3. The molecule has 16 rings (SSSR count). The van der Waals surface area contributed by atoms with Gasteiger partial charge in [-0.05, 0) is 147 Å². The number of aryl methyl sites for hydroxylation is 1. The van der Waals surface area contributed by atoms with E-state index in [9.17, 15) is 0 Å². The van der Waals surface area contributed by atoms with Crippen molar-refractivity contribution >= 4 is 84.2 Å². The summed E-state index contributed by atoms with van der Waals surface area (Å²) in [6.07, 6.45) is 39.6. The minimum atomic E-state index is -0.00628. The number of nitrogens with one attached hydrogen (secondary N) is 1. The minimum absolute atomic E-state index is 0.00628. The van der Waals surface area contributed by atoms with Gasteiger partial charge in [-0.2, -0.15) is 0 Å². The van der Waals surface area contributed by atoms with Gasteiger partial charge < -0.3 is 19.4 Å². The van der Waals surface area contributed by atoms with Gasteiger partial charge in [0, 0.05) is 79.0 Å². The Morgan fingerprint density at radius 1 is 0.554 bits per heavy atom. The molecule has 92 heavy (non-hydrogen) atoms. The number of aromatic nitrogens is 4. The Bertz CT molecular complexity index is 5140. The average molecular weight is 1190 g/mol. The first-order valence-corrected chi connectivity index (χ1v) is 32.5. The van der Waals surface area contributed by atoms with Gasteiger partial charge >= 0.3 is 0 Å². The molecule has 0 radical (unpaired) electrons. The molecule has 0 bridgehead atoms. The number of rotatable bonds is 14. The van der Waals surface area contributed by atoms with Crippen LogP contribution in [-0.2, 0) is 6.42 Å². The molecule has 4 aliphatic carbocycles. The van der Waals surface area contributed by atoms with Gasteiger partial charge in [0.15, 0.2) is 0 Å². The van der Waals surface area contributed by atoms with Gasteiger partial charge in [-0.1, -0.05) is 237 Å². The van der Waals surface area contributed by atoms with Gasteiger partial charge in [-0.15, -0.1) is 0 Å². The highest BCUT2D eigenvalue weighted by Gasteiger charge is 2.56. The van der Waals surface area contributed by atoms with E-state index in [4.69, 9.17) is 9.97 Å². The Hall–Kier alpha value is -11.1. The van der Waals surface area contributed by atoms with Gasteiger partial charge in [0.1, 0.15) is 0 Å². The lowest BCUT2D eigenvalue weighted by Crippen LogP contribution is -2.33. The second-order valence-corrected chi connectivity index (χ2v) is 24.3. The van der Waals surface area contributed by atoms with E-state index in [1.807, 2.05) is 24.3 Å². The number of hydrogen-bond donors (Lipinski definition) is 1. The summed E-state index contributed by atoms with van der Waals surface area (Å²) in [5.41, 5.74) is 21.4. The van der Waals surface area contributed by atoms with Crippen molar-refractivity contribution in [3.05, 3.63) is 336 Å². The number of benzene rings is 9. The third kappa shape index (κ3) is 11.2. The van der Waals surface area contributed by atoms with Gasteiger partial charge in [0.25, 0.3) is 0 Å². The molecule has 2 unspecified atom stereocenters. The topological polar surface area (TPSA) is 50.9 Å². The van der Waals surface area contributed by atoms with E-state index < -0.39 is 0 Å². The molecule has 0 spiro atoms. The Morgan fingerprint density at radius 2 is 1.20 bits per heavy atom. The first-order chi connectivity index (χ1) is 45.5. The molecule has 0 saturated heterocycles. The van der Waals surface area contributed by atoms with Crippen LogP contribution in [0, 0.1) is 12.8 Å². The maximum atomic E-state index is 5.21. The van der Waals surface area contributed by atoms with E-state index in [-0.39, 0.29) is 5.54 Å². The van der Waals surface area contributed by atoms with Crippen molar-refractivity contribution < 1.29 is 0 Å². The predicted molar refractivity (Wildman–Crippen MR) is 389 cm³/mol. The molecule has 6 heteroatoms. The Kier molecular flexibility index (Phi) is 15.9. The van der Waals surface area contributed by atoms with E-state index in [1.165, 1.54) is 82.6 Å². The summed E-state index contributed by atoms with van der Waals surface area (Å²) in [6.45, 7) is 4.27. The first kappa shape index (κ1) is 57.4. The third-order valence-corrected chi connectivity index (χ3v) is 18.4. The first-order valence-electron chi connectivity index (χ1n) is 32.5. The molecule has 446 valence electrons. The van der Waals surface area contributed by atoms with Crippen LogP contribution in [0.5, 0.6) is 0 Å². The number of para-hydroxylation sites is 6. The van der Waals surface area contributed by atoms with E-state index in [0.29, 0.717) is 5.92 Å². The fourth-order valence-corrected chi connectivity index (χ4v) is 13.8. The molecule has 0 amide bonds. The van der Waals surface area contributed by atoms with Crippen LogP contribution < -0.4 is 20.8 Å². The fourth-order valence-electron chi connectivity index (χ4n) is 13.8. The molecule has 9 aromatic carbocycles. The quantitative estimate of drug-likeness (QED) is 0.0871. The number of nitrogens with zero attached hydrogens (tertiary/aromatic N) is 5. The molecule has 3 aromatic heterocycles. The van der Waals surface area contributed by atoms with Crippen LogP contribution >= 0.6 is 0 Å². The SMILES string of the molecule is C1=CC2CC2(NC2=CC=c3c(c4ccccc4n3-c3ccccc3)=CC2)C(c2ccccc2)=CC1.CC/C=C\C=C/Cc1ccccc1N(c1ccc(-c2nc3ccccc3nc2-c2ccc(C)cc2)cc1)c1ccc2c(c1)c1ccccc1n2C1=CCC=CC=C1. The lowest BCUT2D eigenvalue weighted by atomic mass is 9.93. The van der Waals surface area contributed by atoms with Crippen molar-refractivity contribution in [2.45, 2.75) is 57.9 Å². The predicted octanol–water partition coefficient (Wildman–Crippen LogP) is 20.1. The normalized spacial score (nSPS) is 16.6. The summed E-state index contributed by atoms with van der Waals surface area (Å²) in [5.74, 6) is 0.543. The molecule has 1 saturated carbocycles. The van der Waals surface area contributed by atoms with Crippen molar-refractivity contribution in [1.29, 1.82) is 0 Å². The molecule has 3 heterocycles. The largest absolute Gasteiger partial charge is 0.378 e. The van der Waals surface area contributed by atoms with Crippen LogP contribution in [0.3, 0.4) is 0 Å². The average Bonchev–Trinajstić information content (AvgIpc) is 1.56. The van der Waals surface area contributed by atoms with E-state index in [2.05, 4.69) is 325 Å². The van der Waals surface area contributed by atoms with Crippen molar-refractivity contribution in [2.75, 3.05) is 4.90 Å². The number of hydrogen-bond acceptors (Lipinski definition) is 4. The number of fused-ring (bicyclic) bond motifs is 8.